The minimum atomic E-state index is -0.381. The lowest BCUT2D eigenvalue weighted by Crippen LogP contribution is -2.54. The minimum absolute atomic E-state index is 0.0897. The van der Waals surface area contributed by atoms with Crippen molar-refractivity contribution in [2.24, 2.45) is 11.1 Å². The molecule has 2 N–H and O–H groups in total. The largest absolute Gasteiger partial charge is 0.341 e. The normalized spacial score (nSPS) is 20.7. The van der Waals surface area contributed by atoms with Crippen LogP contribution in [0.2, 0.25) is 0 Å². The summed E-state index contributed by atoms with van der Waals surface area (Å²) >= 11 is 1.72. The molecule has 2 fully saturated rings. The van der Waals surface area contributed by atoms with Crippen molar-refractivity contribution in [3.05, 3.63) is 35.9 Å². The van der Waals surface area contributed by atoms with Crippen LogP contribution in [-0.4, -0.2) is 59.3 Å². The van der Waals surface area contributed by atoms with Crippen molar-refractivity contribution in [1.29, 1.82) is 0 Å². The molecule has 0 radical (unpaired) electrons. The second kappa shape index (κ2) is 9.11. The van der Waals surface area contributed by atoms with Gasteiger partial charge in [0.1, 0.15) is 0 Å². The maximum atomic E-state index is 12.6. The van der Waals surface area contributed by atoms with Crippen molar-refractivity contribution in [2.75, 3.05) is 31.6 Å². The predicted octanol–water partition coefficient (Wildman–Crippen LogP) is 2.50. The second-order valence-corrected chi connectivity index (χ2v) is 8.93. The summed E-state index contributed by atoms with van der Waals surface area (Å²) in [6.07, 6.45) is 6.26. The van der Waals surface area contributed by atoms with Crippen LogP contribution in [0.5, 0.6) is 0 Å². The standard InChI is InChI=1S/C21H31N3O2S/c1-27-14-8-18(22)20(26)23-12-10-21(11-13-23)9-7-19(25)24(16-21)15-17-5-3-2-4-6-17/h2-6,18H,7-16,22H2,1H3. The summed E-state index contributed by atoms with van der Waals surface area (Å²) in [6.45, 7) is 3.02. The van der Waals surface area contributed by atoms with Crippen LogP contribution in [-0.2, 0) is 16.1 Å². The summed E-state index contributed by atoms with van der Waals surface area (Å²) in [5.41, 5.74) is 7.40. The number of piperidine rings is 2. The summed E-state index contributed by atoms with van der Waals surface area (Å²) in [7, 11) is 0. The number of amides is 2. The highest BCUT2D eigenvalue weighted by Gasteiger charge is 2.42. The highest BCUT2D eigenvalue weighted by Crippen LogP contribution is 2.40. The highest BCUT2D eigenvalue weighted by atomic mass is 32.2. The molecule has 0 aliphatic carbocycles. The lowest BCUT2D eigenvalue weighted by molar-refractivity contribution is -0.143. The average Bonchev–Trinajstić information content (AvgIpc) is 2.70. The van der Waals surface area contributed by atoms with Gasteiger partial charge < -0.3 is 15.5 Å². The molecule has 2 amide bonds. The van der Waals surface area contributed by atoms with Gasteiger partial charge in [-0.25, -0.2) is 0 Å². The zero-order chi connectivity index (χ0) is 19.3. The van der Waals surface area contributed by atoms with E-state index in [9.17, 15) is 9.59 Å². The fraction of sp³-hybridized carbons (Fsp3) is 0.619. The molecule has 5 nitrogen and oxygen atoms in total. The van der Waals surface area contributed by atoms with Crippen LogP contribution in [0.25, 0.3) is 0 Å². The molecule has 1 aromatic rings. The number of hydrogen-bond donors (Lipinski definition) is 1. The fourth-order valence-corrected chi connectivity index (χ4v) is 4.75. The minimum Gasteiger partial charge on any atom is -0.341 e. The van der Waals surface area contributed by atoms with Crippen LogP contribution >= 0.6 is 11.8 Å². The van der Waals surface area contributed by atoms with E-state index in [1.54, 1.807) is 11.8 Å². The summed E-state index contributed by atoms with van der Waals surface area (Å²) in [4.78, 5) is 28.9. The van der Waals surface area contributed by atoms with Crippen molar-refractivity contribution in [3.63, 3.8) is 0 Å². The smallest absolute Gasteiger partial charge is 0.239 e. The van der Waals surface area contributed by atoms with Gasteiger partial charge in [-0.05, 0) is 48.7 Å². The van der Waals surface area contributed by atoms with Crippen LogP contribution in [0.15, 0.2) is 30.3 Å². The Hall–Kier alpha value is -1.53. The maximum Gasteiger partial charge on any atom is 0.239 e. The molecule has 1 unspecified atom stereocenters. The molecule has 3 rings (SSSR count). The Labute approximate surface area is 166 Å². The number of likely N-dealkylation sites (tertiary alicyclic amines) is 2. The molecule has 2 saturated heterocycles. The van der Waals surface area contributed by atoms with E-state index in [2.05, 4.69) is 12.1 Å². The topological polar surface area (TPSA) is 66.6 Å². The lowest BCUT2D eigenvalue weighted by Gasteiger charge is -2.47. The fourth-order valence-electron chi connectivity index (χ4n) is 4.26. The maximum absolute atomic E-state index is 12.6. The van der Waals surface area contributed by atoms with Crippen LogP contribution in [0.1, 0.15) is 37.7 Å². The molecule has 148 valence electrons. The first-order valence-corrected chi connectivity index (χ1v) is 11.3. The molecule has 2 aliphatic rings. The number of hydrogen-bond acceptors (Lipinski definition) is 4. The zero-order valence-corrected chi connectivity index (χ0v) is 17.0. The van der Waals surface area contributed by atoms with E-state index >= 15 is 0 Å². The van der Waals surface area contributed by atoms with E-state index in [4.69, 9.17) is 5.73 Å². The monoisotopic (exact) mass is 389 g/mol. The van der Waals surface area contributed by atoms with Gasteiger partial charge >= 0.3 is 0 Å². The molecular weight excluding hydrogens is 358 g/mol. The Kier molecular flexibility index (Phi) is 6.82. The van der Waals surface area contributed by atoms with Gasteiger partial charge in [0.25, 0.3) is 0 Å². The van der Waals surface area contributed by atoms with Gasteiger partial charge in [-0.3, -0.25) is 9.59 Å². The third-order valence-electron chi connectivity index (χ3n) is 6.05. The van der Waals surface area contributed by atoms with E-state index in [1.807, 2.05) is 34.3 Å². The molecule has 2 aliphatic heterocycles. The Morgan fingerprint density at radius 3 is 2.59 bits per heavy atom. The molecule has 27 heavy (non-hydrogen) atoms. The average molecular weight is 390 g/mol. The Morgan fingerprint density at radius 2 is 1.93 bits per heavy atom. The predicted molar refractivity (Wildman–Crippen MR) is 110 cm³/mol. The molecular formula is C21H31N3O2S. The highest BCUT2D eigenvalue weighted by molar-refractivity contribution is 7.98. The van der Waals surface area contributed by atoms with Crippen LogP contribution < -0.4 is 5.73 Å². The van der Waals surface area contributed by atoms with Gasteiger partial charge in [-0.1, -0.05) is 30.3 Å². The first-order chi connectivity index (χ1) is 13.0. The van der Waals surface area contributed by atoms with Gasteiger partial charge in [0.15, 0.2) is 0 Å². The van der Waals surface area contributed by atoms with Crippen molar-refractivity contribution >= 4 is 23.6 Å². The summed E-state index contributed by atoms with van der Waals surface area (Å²) in [5.74, 6) is 1.26. The SMILES string of the molecule is CSCCC(N)C(=O)N1CCC2(CCC(=O)N(Cc3ccccc3)C2)CC1. The van der Waals surface area contributed by atoms with Crippen LogP contribution in [0, 0.1) is 5.41 Å². The Bertz CT molecular complexity index is 644. The molecule has 0 aromatic heterocycles. The van der Waals surface area contributed by atoms with Crippen molar-refractivity contribution in [1.82, 2.24) is 9.80 Å². The van der Waals surface area contributed by atoms with Crippen LogP contribution in [0.4, 0.5) is 0 Å². The van der Waals surface area contributed by atoms with Crippen LogP contribution in [0.3, 0.4) is 0 Å². The molecule has 0 bridgehead atoms. The van der Waals surface area contributed by atoms with Gasteiger partial charge in [-0.15, -0.1) is 0 Å². The van der Waals surface area contributed by atoms with Crippen molar-refractivity contribution < 1.29 is 9.59 Å². The number of rotatable bonds is 6. The van der Waals surface area contributed by atoms with Gasteiger partial charge in [0.2, 0.25) is 11.8 Å². The first-order valence-electron chi connectivity index (χ1n) is 9.88. The van der Waals surface area contributed by atoms with E-state index < -0.39 is 0 Å². The van der Waals surface area contributed by atoms with Gasteiger partial charge in [0.05, 0.1) is 6.04 Å². The van der Waals surface area contributed by atoms with Crippen molar-refractivity contribution in [2.45, 2.75) is 44.7 Å². The van der Waals surface area contributed by atoms with E-state index in [0.717, 1.165) is 51.1 Å². The quantitative estimate of drug-likeness (QED) is 0.812. The third kappa shape index (κ3) is 5.05. The van der Waals surface area contributed by atoms with Gasteiger partial charge in [0, 0.05) is 32.6 Å². The van der Waals surface area contributed by atoms with E-state index in [-0.39, 0.29) is 23.3 Å². The first kappa shape index (κ1) is 20.2. The Morgan fingerprint density at radius 1 is 1.22 bits per heavy atom. The summed E-state index contributed by atoms with van der Waals surface area (Å²) in [5, 5.41) is 0. The summed E-state index contributed by atoms with van der Waals surface area (Å²) in [6, 6.07) is 9.81. The van der Waals surface area contributed by atoms with E-state index in [1.165, 1.54) is 5.56 Å². The van der Waals surface area contributed by atoms with E-state index in [0.29, 0.717) is 13.0 Å². The number of nitrogens with two attached hydrogens (primary N) is 1. The molecule has 1 spiro atoms. The number of benzene rings is 1. The molecule has 1 aromatic carbocycles. The molecule has 6 heteroatoms. The number of nitrogens with zero attached hydrogens (tertiary/aromatic N) is 2. The lowest BCUT2D eigenvalue weighted by atomic mass is 9.72. The number of thioether (sulfide) groups is 1. The third-order valence-corrected chi connectivity index (χ3v) is 6.69. The zero-order valence-electron chi connectivity index (χ0n) is 16.2. The second-order valence-electron chi connectivity index (χ2n) is 7.95. The number of carbonyl (C=O) groups excluding carboxylic acids is 2. The number of carbonyl (C=O) groups is 2. The van der Waals surface area contributed by atoms with Gasteiger partial charge in [-0.2, -0.15) is 11.8 Å². The molecule has 0 saturated carbocycles. The Balaban J connectivity index is 1.56. The summed E-state index contributed by atoms with van der Waals surface area (Å²) < 4.78 is 0. The molecule has 2 heterocycles. The van der Waals surface area contributed by atoms with Crippen molar-refractivity contribution in [3.8, 4) is 0 Å². The molecule has 1 atom stereocenters.